The van der Waals surface area contributed by atoms with Gasteiger partial charge in [0.05, 0.1) is 0 Å². The Labute approximate surface area is 180 Å². The molecule has 0 radical (unpaired) electrons. The summed E-state index contributed by atoms with van der Waals surface area (Å²) < 4.78 is 0. The van der Waals surface area contributed by atoms with Gasteiger partial charge in [0, 0.05) is 0 Å². The zero-order valence-electron chi connectivity index (χ0n) is 21.8. The predicted octanol–water partition coefficient (Wildman–Crippen LogP) is 10.2. The molecule has 1 atom stereocenters. The Hall–Kier alpha value is -0.260. The van der Waals surface area contributed by atoms with Gasteiger partial charge in [-0.1, -0.05) is 114 Å². The first-order chi connectivity index (χ1) is 12.6. The number of hydrogen-bond donors (Lipinski definition) is 0. The second-order valence-corrected chi connectivity index (χ2v) is 13.3. The van der Waals surface area contributed by atoms with Crippen molar-refractivity contribution in [2.45, 2.75) is 140 Å². The van der Waals surface area contributed by atoms with Gasteiger partial charge in [0.15, 0.2) is 0 Å². The molecule has 0 rings (SSSR count). The van der Waals surface area contributed by atoms with Crippen LogP contribution >= 0.6 is 0 Å². The standard InChI is InChI=1S/C28H56/c1-12-13-19-24(28(10,11)23-26(5,6)7)20-17-15-14-16-18-21-27(8,9)22-25(2,3)4/h18,21,24H,12-17,19-20,22-23H2,1-11H3. The lowest BCUT2D eigenvalue weighted by Crippen LogP contribution is -2.29. The van der Waals surface area contributed by atoms with E-state index in [4.69, 9.17) is 0 Å². The van der Waals surface area contributed by atoms with E-state index in [1.165, 1.54) is 64.2 Å². The van der Waals surface area contributed by atoms with Crippen LogP contribution in [0.3, 0.4) is 0 Å². The maximum atomic E-state index is 2.53. The molecule has 1 unspecified atom stereocenters. The molecule has 0 N–H and O–H groups in total. The first-order valence-electron chi connectivity index (χ1n) is 12.3. The van der Waals surface area contributed by atoms with Crippen LogP contribution in [0.4, 0.5) is 0 Å². The van der Waals surface area contributed by atoms with Gasteiger partial charge >= 0.3 is 0 Å². The van der Waals surface area contributed by atoms with Gasteiger partial charge in [-0.3, -0.25) is 0 Å². The Balaban J connectivity index is 4.39. The third-order valence-electron chi connectivity index (χ3n) is 5.98. The number of hydrogen-bond acceptors (Lipinski definition) is 0. The summed E-state index contributed by atoms with van der Waals surface area (Å²) in [4.78, 5) is 0. The Morgan fingerprint density at radius 3 is 1.68 bits per heavy atom. The van der Waals surface area contributed by atoms with Crippen LogP contribution in [-0.2, 0) is 0 Å². The highest BCUT2D eigenvalue weighted by molar-refractivity contribution is 4.96. The molecule has 168 valence electrons. The van der Waals surface area contributed by atoms with Crippen LogP contribution in [0.15, 0.2) is 12.2 Å². The minimum atomic E-state index is 0.320. The summed E-state index contributed by atoms with van der Waals surface area (Å²) in [6, 6.07) is 0. The van der Waals surface area contributed by atoms with E-state index in [9.17, 15) is 0 Å². The second kappa shape index (κ2) is 11.8. The van der Waals surface area contributed by atoms with E-state index in [0.717, 1.165) is 5.92 Å². The van der Waals surface area contributed by atoms with Crippen molar-refractivity contribution in [1.29, 1.82) is 0 Å². The number of unbranched alkanes of at least 4 members (excludes halogenated alkanes) is 4. The first-order valence-corrected chi connectivity index (χ1v) is 12.3. The highest BCUT2D eigenvalue weighted by Gasteiger charge is 2.32. The molecule has 0 bridgehead atoms. The zero-order valence-corrected chi connectivity index (χ0v) is 21.8. The minimum Gasteiger partial charge on any atom is -0.0880 e. The molecule has 0 spiro atoms. The molecule has 0 heterocycles. The molecule has 0 heteroatoms. The normalized spacial score (nSPS) is 15.4. The van der Waals surface area contributed by atoms with Crippen molar-refractivity contribution in [2.24, 2.45) is 27.6 Å². The molecule has 0 aromatic heterocycles. The monoisotopic (exact) mass is 392 g/mol. The molecular formula is C28H56. The summed E-state index contributed by atoms with van der Waals surface area (Å²) in [5.74, 6) is 0.882. The van der Waals surface area contributed by atoms with Gasteiger partial charge in [-0.2, -0.15) is 0 Å². The smallest absolute Gasteiger partial charge is 0.0170 e. The molecule has 28 heavy (non-hydrogen) atoms. The van der Waals surface area contributed by atoms with Crippen molar-refractivity contribution in [2.75, 3.05) is 0 Å². The lowest BCUT2D eigenvalue weighted by Gasteiger charge is -2.39. The third kappa shape index (κ3) is 14.7. The lowest BCUT2D eigenvalue weighted by atomic mass is 9.66. The van der Waals surface area contributed by atoms with Crippen molar-refractivity contribution in [3.63, 3.8) is 0 Å². The van der Waals surface area contributed by atoms with E-state index in [1.54, 1.807) is 0 Å². The minimum absolute atomic E-state index is 0.320. The predicted molar refractivity (Wildman–Crippen MR) is 131 cm³/mol. The Bertz CT molecular complexity index is 422. The van der Waals surface area contributed by atoms with Gasteiger partial charge in [-0.15, -0.1) is 0 Å². The summed E-state index contributed by atoms with van der Waals surface area (Å²) in [6.07, 6.45) is 18.4. The Morgan fingerprint density at radius 1 is 0.643 bits per heavy atom. The van der Waals surface area contributed by atoms with Gasteiger partial charge in [-0.05, 0) is 66.1 Å². The SMILES string of the molecule is CCCCC(CCCCCC=CC(C)(C)CC(C)(C)C)C(C)(C)CC(C)(C)C. The van der Waals surface area contributed by atoms with Crippen molar-refractivity contribution in [3.05, 3.63) is 12.2 Å². The highest BCUT2D eigenvalue weighted by Crippen LogP contribution is 2.43. The molecule has 0 aliphatic rings. The summed E-state index contributed by atoms with van der Waals surface area (Å²) >= 11 is 0. The van der Waals surface area contributed by atoms with Crippen molar-refractivity contribution < 1.29 is 0 Å². The Kier molecular flexibility index (Phi) is 11.7. The van der Waals surface area contributed by atoms with Gasteiger partial charge < -0.3 is 0 Å². The molecule has 0 amide bonds. The maximum Gasteiger partial charge on any atom is -0.0170 e. The fourth-order valence-corrected chi connectivity index (χ4v) is 5.55. The van der Waals surface area contributed by atoms with Gasteiger partial charge in [-0.25, -0.2) is 0 Å². The van der Waals surface area contributed by atoms with Crippen LogP contribution in [0.1, 0.15) is 140 Å². The van der Waals surface area contributed by atoms with E-state index in [0.29, 0.717) is 21.7 Å². The summed E-state index contributed by atoms with van der Waals surface area (Å²) in [5, 5.41) is 0. The summed E-state index contributed by atoms with van der Waals surface area (Å²) in [5.41, 5.74) is 1.62. The molecule has 0 aromatic rings. The van der Waals surface area contributed by atoms with Crippen molar-refractivity contribution in [1.82, 2.24) is 0 Å². The molecular weight excluding hydrogens is 336 g/mol. The quantitative estimate of drug-likeness (QED) is 0.216. The lowest BCUT2D eigenvalue weighted by molar-refractivity contribution is 0.111. The average Bonchev–Trinajstić information content (AvgIpc) is 2.43. The molecule has 0 nitrogen and oxygen atoms in total. The van der Waals surface area contributed by atoms with E-state index in [1.807, 2.05) is 0 Å². The van der Waals surface area contributed by atoms with Crippen LogP contribution in [-0.4, -0.2) is 0 Å². The van der Waals surface area contributed by atoms with E-state index in [2.05, 4.69) is 88.3 Å². The second-order valence-electron chi connectivity index (χ2n) is 13.3. The fraction of sp³-hybridized carbons (Fsp3) is 0.929. The largest absolute Gasteiger partial charge is 0.0880 e. The van der Waals surface area contributed by atoms with Gasteiger partial charge in [0.2, 0.25) is 0 Å². The van der Waals surface area contributed by atoms with Gasteiger partial charge in [0.25, 0.3) is 0 Å². The molecule has 0 fully saturated rings. The Morgan fingerprint density at radius 2 is 1.18 bits per heavy atom. The van der Waals surface area contributed by atoms with E-state index >= 15 is 0 Å². The van der Waals surface area contributed by atoms with Crippen LogP contribution in [0, 0.1) is 27.6 Å². The first kappa shape index (κ1) is 27.7. The number of rotatable bonds is 13. The van der Waals surface area contributed by atoms with E-state index in [-0.39, 0.29) is 0 Å². The third-order valence-corrected chi connectivity index (χ3v) is 5.98. The molecule has 0 aromatic carbocycles. The van der Waals surface area contributed by atoms with Crippen LogP contribution in [0.25, 0.3) is 0 Å². The molecule has 0 aliphatic heterocycles. The molecule has 0 saturated heterocycles. The highest BCUT2D eigenvalue weighted by atomic mass is 14.4. The fourth-order valence-electron chi connectivity index (χ4n) is 5.55. The summed E-state index contributed by atoms with van der Waals surface area (Å²) in [6.45, 7) is 26.4. The van der Waals surface area contributed by atoms with Crippen LogP contribution in [0.5, 0.6) is 0 Å². The van der Waals surface area contributed by atoms with Crippen LogP contribution in [0.2, 0.25) is 0 Å². The van der Waals surface area contributed by atoms with Crippen molar-refractivity contribution in [3.8, 4) is 0 Å². The topological polar surface area (TPSA) is 0 Å². The average molecular weight is 393 g/mol. The maximum absolute atomic E-state index is 2.53. The van der Waals surface area contributed by atoms with E-state index < -0.39 is 0 Å². The number of allylic oxidation sites excluding steroid dienone is 2. The van der Waals surface area contributed by atoms with Gasteiger partial charge in [0.1, 0.15) is 0 Å². The molecule has 0 saturated carbocycles. The molecule has 0 aliphatic carbocycles. The zero-order chi connectivity index (χ0) is 22.1. The van der Waals surface area contributed by atoms with Crippen LogP contribution < -0.4 is 0 Å². The van der Waals surface area contributed by atoms with Crippen molar-refractivity contribution >= 4 is 0 Å². The summed E-state index contributed by atoms with van der Waals surface area (Å²) in [7, 11) is 0.